The predicted octanol–water partition coefficient (Wildman–Crippen LogP) is 1.63. The number of hydrogen-bond acceptors (Lipinski definition) is 2. The number of carbonyl (C=O) groups excluding carboxylic acids is 2. The number of carbonyl (C=O) groups is 2. The molecule has 1 aliphatic rings. The molecule has 3 nitrogen and oxygen atoms in total. The quantitative estimate of drug-likeness (QED) is 0.771. The van der Waals surface area contributed by atoms with Crippen molar-refractivity contribution in [1.82, 2.24) is 5.32 Å². The number of benzene rings is 1. The lowest BCUT2D eigenvalue weighted by atomic mass is 9.96. The molecule has 0 radical (unpaired) electrons. The first kappa shape index (κ1) is 10.8. The molecule has 1 unspecified atom stereocenters. The highest BCUT2D eigenvalue weighted by Crippen LogP contribution is 2.26. The van der Waals surface area contributed by atoms with Gasteiger partial charge in [-0.15, -0.1) is 0 Å². The van der Waals surface area contributed by atoms with Crippen molar-refractivity contribution in [2.24, 2.45) is 0 Å². The summed E-state index contributed by atoms with van der Waals surface area (Å²) in [6.07, 6.45) is 0.316. The van der Waals surface area contributed by atoms with Crippen LogP contribution in [-0.2, 0) is 4.79 Å². The van der Waals surface area contributed by atoms with Crippen LogP contribution in [0.4, 0.5) is 4.39 Å². The van der Waals surface area contributed by atoms with Gasteiger partial charge in [-0.05, 0) is 18.6 Å². The van der Waals surface area contributed by atoms with E-state index in [4.69, 9.17) is 0 Å². The van der Waals surface area contributed by atoms with Gasteiger partial charge in [0.25, 0.3) is 0 Å². The van der Waals surface area contributed by atoms with Gasteiger partial charge in [0.05, 0.1) is 0 Å². The number of ketones is 1. The Morgan fingerprint density at radius 3 is 2.75 bits per heavy atom. The van der Waals surface area contributed by atoms with Crippen LogP contribution in [0.15, 0.2) is 18.2 Å². The summed E-state index contributed by atoms with van der Waals surface area (Å²) in [4.78, 5) is 22.1. The molecule has 1 amide bonds. The zero-order valence-electron chi connectivity index (χ0n) is 8.92. The van der Waals surface area contributed by atoms with Crippen LogP contribution in [0.25, 0.3) is 0 Å². The second kappa shape index (κ2) is 4.04. The summed E-state index contributed by atoms with van der Waals surface area (Å²) < 4.78 is 13.7. The number of rotatable bonds is 2. The predicted molar refractivity (Wildman–Crippen MR) is 56.8 cm³/mol. The van der Waals surface area contributed by atoms with Crippen molar-refractivity contribution in [3.05, 3.63) is 35.1 Å². The van der Waals surface area contributed by atoms with Crippen LogP contribution in [0.2, 0.25) is 0 Å². The number of Topliss-reactive ketones (excluding diaryl/α,β-unsaturated/α-hetero) is 1. The average Bonchev–Trinajstić information content (AvgIpc) is 2.64. The van der Waals surface area contributed by atoms with Crippen molar-refractivity contribution < 1.29 is 14.0 Å². The summed E-state index contributed by atoms with van der Waals surface area (Å²) in [7, 11) is 0. The van der Waals surface area contributed by atoms with Gasteiger partial charge < -0.3 is 5.32 Å². The number of nitrogens with one attached hydrogen (secondary N) is 1. The molecule has 1 fully saturated rings. The Hall–Kier alpha value is -1.71. The Labute approximate surface area is 92.7 Å². The molecule has 0 saturated carbocycles. The Morgan fingerprint density at radius 1 is 1.50 bits per heavy atom. The minimum absolute atomic E-state index is 0.0555. The fourth-order valence-corrected chi connectivity index (χ4v) is 1.90. The third kappa shape index (κ3) is 1.96. The monoisotopic (exact) mass is 221 g/mol. The molecule has 1 atom stereocenters. The van der Waals surface area contributed by atoms with Crippen molar-refractivity contribution >= 4 is 11.7 Å². The summed E-state index contributed by atoms with van der Waals surface area (Å²) in [5, 5.41) is 2.66. The van der Waals surface area contributed by atoms with E-state index in [1.807, 2.05) is 0 Å². The molecule has 1 aromatic rings. The molecule has 1 heterocycles. The number of halogens is 1. The third-order valence-corrected chi connectivity index (χ3v) is 2.82. The van der Waals surface area contributed by atoms with E-state index in [9.17, 15) is 14.0 Å². The average molecular weight is 221 g/mol. The van der Waals surface area contributed by atoms with E-state index in [0.717, 1.165) is 0 Å². The highest BCUT2D eigenvalue weighted by Gasteiger charge is 2.25. The van der Waals surface area contributed by atoms with Crippen molar-refractivity contribution in [3.8, 4) is 0 Å². The smallest absolute Gasteiger partial charge is 0.220 e. The maximum Gasteiger partial charge on any atom is 0.220 e. The van der Waals surface area contributed by atoms with E-state index in [0.29, 0.717) is 24.1 Å². The van der Waals surface area contributed by atoms with Gasteiger partial charge in [0.15, 0.2) is 5.78 Å². The number of hydrogen-bond donors (Lipinski definition) is 1. The zero-order chi connectivity index (χ0) is 11.7. The van der Waals surface area contributed by atoms with Gasteiger partial charge in [-0.2, -0.15) is 0 Å². The fraction of sp³-hybridized carbons (Fsp3) is 0.333. The standard InChI is InChI=1S/C12H12FNO2/c1-7(15)8-2-3-10(11(13)4-8)9-5-12(16)14-6-9/h2-4,9H,5-6H2,1H3,(H,14,16). The maximum absolute atomic E-state index is 13.7. The lowest BCUT2D eigenvalue weighted by molar-refractivity contribution is -0.119. The van der Waals surface area contributed by atoms with Crippen LogP contribution in [0.1, 0.15) is 35.2 Å². The zero-order valence-corrected chi connectivity index (χ0v) is 8.92. The van der Waals surface area contributed by atoms with E-state index in [1.165, 1.54) is 13.0 Å². The molecule has 1 aliphatic heterocycles. The van der Waals surface area contributed by atoms with Crippen molar-refractivity contribution in [2.75, 3.05) is 6.54 Å². The highest BCUT2D eigenvalue weighted by molar-refractivity contribution is 5.94. The fourth-order valence-electron chi connectivity index (χ4n) is 1.90. The molecule has 1 aromatic carbocycles. The molecule has 2 rings (SSSR count). The van der Waals surface area contributed by atoms with E-state index >= 15 is 0 Å². The molecule has 84 valence electrons. The highest BCUT2D eigenvalue weighted by atomic mass is 19.1. The van der Waals surface area contributed by atoms with Crippen LogP contribution < -0.4 is 5.32 Å². The lowest BCUT2D eigenvalue weighted by Crippen LogP contribution is -2.13. The summed E-state index contributed by atoms with van der Waals surface area (Å²) in [5.74, 6) is -0.742. The Kier molecular flexibility index (Phi) is 2.73. The molecular formula is C12H12FNO2. The maximum atomic E-state index is 13.7. The summed E-state index contributed by atoms with van der Waals surface area (Å²) >= 11 is 0. The molecule has 1 saturated heterocycles. The van der Waals surface area contributed by atoms with Gasteiger partial charge in [0, 0.05) is 24.4 Å². The van der Waals surface area contributed by atoms with Crippen molar-refractivity contribution in [1.29, 1.82) is 0 Å². The van der Waals surface area contributed by atoms with Crippen LogP contribution in [0.3, 0.4) is 0 Å². The first-order valence-electron chi connectivity index (χ1n) is 5.15. The SMILES string of the molecule is CC(=O)c1ccc(C2CNC(=O)C2)c(F)c1. The summed E-state index contributed by atoms with van der Waals surface area (Å²) in [5.41, 5.74) is 0.863. The van der Waals surface area contributed by atoms with Gasteiger partial charge in [0.2, 0.25) is 5.91 Å². The van der Waals surface area contributed by atoms with Gasteiger partial charge >= 0.3 is 0 Å². The Morgan fingerprint density at radius 2 is 2.25 bits per heavy atom. The van der Waals surface area contributed by atoms with E-state index in [1.54, 1.807) is 12.1 Å². The first-order valence-corrected chi connectivity index (χ1v) is 5.15. The van der Waals surface area contributed by atoms with Crippen LogP contribution in [-0.4, -0.2) is 18.2 Å². The van der Waals surface area contributed by atoms with Gasteiger partial charge in [-0.25, -0.2) is 4.39 Å². The van der Waals surface area contributed by atoms with E-state index in [-0.39, 0.29) is 17.6 Å². The van der Waals surface area contributed by atoms with E-state index in [2.05, 4.69) is 5.32 Å². The Bertz CT molecular complexity index is 456. The van der Waals surface area contributed by atoms with Gasteiger partial charge in [0.1, 0.15) is 5.82 Å². The molecule has 0 spiro atoms. The van der Waals surface area contributed by atoms with Gasteiger partial charge in [-0.3, -0.25) is 9.59 Å². The molecule has 16 heavy (non-hydrogen) atoms. The molecule has 0 bridgehead atoms. The second-order valence-corrected chi connectivity index (χ2v) is 4.00. The topological polar surface area (TPSA) is 46.2 Å². The molecule has 1 N–H and O–H groups in total. The van der Waals surface area contributed by atoms with Crippen LogP contribution >= 0.6 is 0 Å². The van der Waals surface area contributed by atoms with Crippen LogP contribution in [0.5, 0.6) is 0 Å². The van der Waals surface area contributed by atoms with E-state index < -0.39 is 5.82 Å². The minimum atomic E-state index is -0.408. The summed E-state index contributed by atoms with van der Waals surface area (Å²) in [6, 6.07) is 4.43. The minimum Gasteiger partial charge on any atom is -0.355 e. The lowest BCUT2D eigenvalue weighted by Gasteiger charge is -2.09. The second-order valence-electron chi connectivity index (χ2n) is 4.00. The molecule has 0 aromatic heterocycles. The van der Waals surface area contributed by atoms with Crippen molar-refractivity contribution in [2.45, 2.75) is 19.3 Å². The third-order valence-electron chi connectivity index (χ3n) is 2.82. The Balaban J connectivity index is 2.29. The molecular weight excluding hydrogens is 209 g/mol. The normalized spacial score (nSPS) is 19.6. The number of amides is 1. The molecule has 4 heteroatoms. The summed E-state index contributed by atoms with van der Waals surface area (Å²) in [6.45, 7) is 1.87. The molecule has 0 aliphatic carbocycles. The first-order chi connectivity index (χ1) is 7.58. The van der Waals surface area contributed by atoms with Crippen LogP contribution in [0, 0.1) is 5.82 Å². The van der Waals surface area contributed by atoms with Crippen molar-refractivity contribution in [3.63, 3.8) is 0 Å². The van der Waals surface area contributed by atoms with Gasteiger partial charge in [-0.1, -0.05) is 12.1 Å². The largest absolute Gasteiger partial charge is 0.355 e.